The van der Waals surface area contributed by atoms with Gasteiger partial charge < -0.3 is 5.32 Å². The molecule has 122 valence electrons. The van der Waals surface area contributed by atoms with Crippen LogP contribution in [0.25, 0.3) is 0 Å². The number of sulfonamides is 1. The minimum Gasteiger partial charge on any atom is -0.317 e. The van der Waals surface area contributed by atoms with Crippen molar-refractivity contribution < 1.29 is 21.6 Å². The Labute approximate surface area is 119 Å². The molecule has 0 atom stereocenters. The maximum Gasteiger partial charge on any atom is 0.402 e. The van der Waals surface area contributed by atoms with Crippen LogP contribution in [-0.2, 0) is 10.0 Å². The average Bonchev–Trinajstić information content (AvgIpc) is 2.29. The highest BCUT2D eigenvalue weighted by molar-refractivity contribution is 7.89. The first kappa shape index (κ1) is 19.7. The van der Waals surface area contributed by atoms with Crippen LogP contribution in [0.3, 0.4) is 0 Å². The Bertz CT molecular complexity index is 356. The van der Waals surface area contributed by atoms with Crippen molar-refractivity contribution in [1.29, 1.82) is 0 Å². The smallest absolute Gasteiger partial charge is 0.317 e. The summed E-state index contributed by atoms with van der Waals surface area (Å²) in [5.74, 6) is -0.241. The lowest BCUT2D eigenvalue weighted by molar-refractivity contribution is -0.138. The van der Waals surface area contributed by atoms with Crippen molar-refractivity contribution in [1.82, 2.24) is 9.62 Å². The molecule has 0 aliphatic carbocycles. The van der Waals surface area contributed by atoms with Crippen LogP contribution in [0.2, 0.25) is 0 Å². The van der Waals surface area contributed by atoms with Crippen molar-refractivity contribution in [3.63, 3.8) is 0 Å². The summed E-state index contributed by atoms with van der Waals surface area (Å²) in [6, 6.07) is -0.695. The third kappa shape index (κ3) is 8.76. The molecule has 0 aromatic heterocycles. The van der Waals surface area contributed by atoms with Crippen LogP contribution >= 0.6 is 0 Å². The number of hydrogen-bond acceptors (Lipinski definition) is 3. The topological polar surface area (TPSA) is 49.4 Å². The van der Waals surface area contributed by atoms with E-state index in [2.05, 4.69) is 5.32 Å². The summed E-state index contributed by atoms with van der Waals surface area (Å²) in [6.07, 6.45) is -2.53. The van der Waals surface area contributed by atoms with E-state index in [0.29, 0.717) is 23.7 Å². The molecule has 20 heavy (non-hydrogen) atoms. The van der Waals surface area contributed by atoms with E-state index < -0.39 is 28.8 Å². The highest BCUT2D eigenvalue weighted by Gasteiger charge is 2.37. The Hall–Kier alpha value is -0.340. The average molecular weight is 318 g/mol. The normalized spacial score (nSPS) is 13.4. The molecule has 0 aromatic rings. The Kier molecular flexibility index (Phi) is 8.69. The zero-order chi connectivity index (χ0) is 15.8. The van der Waals surface area contributed by atoms with Gasteiger partial charge in [-0.3, -0.25) is 0 Å². The minimum atomic E-state index is -4.51. The van der Waals surface area contributed by atoms with Crippen LogP contribution in [0.4, 0.5) is 13.2 Å². The lowest BCUT2D eigenvalue weighted by Gasteiger charge is -2.26. The van der Waals surface area contributed by atoms with E-state index >= 15 is 0 Å². The van der Waals surface area contributed by atoms with Crippen molar-refractivity contribution in [2.45, 2.75) is 52.3 Å². The van der Waals surface area contributed by atoms with Crippen molar-refractivity contribution in [3.05, 3.63) is 0 Å². The molecule has 0 rings (SSSR count). The summed E-state index contributed by atoms with van der Waals surface area (Å²) in [6.45, 7) is 5.05. The molecule has 0 saturated heterocycles. The molecule has 4 nitrogen and oxygen atoms in total. The molecule has 0 bridgehead atoms. The monoisotopic (exact) mass is 318 g/mol. The number of nitrogens with one attached hydrogen (secondary N) is 1. The minimum absolute atomic E-state index is 0.241. The summed E-state index contributed by atoms with van der Waals surface area (Å²) in [5.41, 5.74) is 0. The van der Waals surface area contributed by atoms with E-state index in [-0.39, 0.29) is 5.75 Å². The van der Waals surface area contributed by atoms with Crippen molar-refractivity contribution in [2.75, 3.05) is 25.4 Å². The van der Waals surface area contributed by atoms with Crippen LogP contribution in [0.15, 0.2) is 0 Å². The van der Waals surface area contributed by atoms with Gasteiger partial charge in [-0.1, -0.05) is 6.92 Å². The highest BCUT2D eigenvalue weighted by Crippen LogP contribution is 2.21. The lowest BCUT2D eigenvalue weighted by atomic mass is 10.3. The standard InChI is InChI=1S/C12H25F3N2O2S/c1-4-7-16-8-5-6-9-20(18,19)17(11(2)3)10-12(13,14)15/h11,16H,4-10H2,1-3H3. The molecule has 0 amide bonds. The first-order chi connectivity index (χ1) is 9.10. The molecule has 0 aliphatic rings. The number of hydrogen-bond donors (Lipinski definition) is 1. The fraction of sp³-hybridized carbons (Fsp3) is 1.00. The summed E-state index contributed by atoms with van der Waals surface area (Å²) in [4.78, 5) is 0. The fourth-order valence-corrected chi connectivity index (χ4v) is 3.52. The summed E-state index contributed by atoms with van der Waals surface area (Å²) >= 11 is 0. The van der Waals surface area contributed by atoms with Crippen LogP contribution in [-0.4, -0.2) is 50.3 Å². The number of halogens is 3. The van der Waals surface area contributed by atoms with Gasteiger partial charge in [0.25, 0.3) is 0 Å². The van der Waals surface area contributed by atoms with Gasteiger partial charge in [-0.15, -0.1) is 0 Å². The molecule has 0 fully saturated rings. The molecule has 0 spiro atoms. The second-order valence-corrected chi connectivity index (χ2v) is 7.07. The Morgan fingerprint density at radius 3 is 2.20 bits per heavy atom. The molecule has 0 radical (unpaired) electrons. The Balaban J connectivity index is 4.35. The van der Waals surface area contributed by atoms with E-state index in [1.54, 1.807) is 0 Å². The first-order valence-corrected chi connectivity index (χ1v) is 8.48. The largest absolute Gasteiger partial charge is 0.402 e. The first-order valence-electron chi connectivity index (χ1n) is 6.87. The number of rotatable bonds is 10. The predicted octanol–water partition coefficient (Wildman–Crippen LogP) is 2.37. The van der Waals surface area contributed by atoms with E-state index in [4.69, 9.17) is 0 Å². The number of nitrogens with zero attached hydrogens (tertiary/aromatic N) is 1. The zero-order valence-corrected chi connectivity index (χ0v) is 13.1. The van der Waals surface area contributed by atoms with E-state index in [1.807, 2.05) is 6.92 Å². The van der Waals surface area contributed by atoms with Gasteiger partial charge in [-0.05, 0) is 46.2 Å². The maximum atomic E-state index is 12.4. The molecule has 0 heterocycles. The highest BCUT2D eigenvalue weighted by atomic mass is 32.2. The van der Waals surface area contributed by atoms with Crippen molar-refractivity contribution >= 4 is 10.0 Å². The molecular formula is C12H25F3N2O2S. The molecule has 8 heteroatoms. The summed E-state index contributed by atoms with van der Waals surface area (Å²) in [5, 5.41) is 3.12. The lowest BCUT2D eigenvalue weighted by Crippen LogP contribution is -2.44. The molecule has 1 N–H and O–H groups in total. The van der Waals surface area contributed by atoms with Crippen LogP contribution in [0.1, 0.15) is 40.0 Å². The van der Waals surface area contributed by atoms with Gasteiger partial charge >= 0.3 is 6.18 Å². The number of unbranched alkanes of at least 4 members (excludes halogenated alkanes) is 1. The van der Waals surface area contributed by atoms with Gasteiger partial charge in [0.05, 0.1) is 5.75 Å². The molecule has 0 unspecified atom stereocenters. The van der Waals surface area contributed by atoms with Gasteiger partial charge in [0.1, 0.15) is 6.54 Å². The predicted molar refractivity (Wildman–Crippen MR) is 74.1 cm³/mol. The Morgan fingerprint density at radius 1 is 1.15 bits per heavy atom. The second kappa shape index (κ2) is 8.84. The van der Waals surface area contributed by atoms with Crippen LogP contribution in [0, 0.1) is 0 Å². The van der Waals surface area contributed by atoms with E-state index in [0.717, 1.165) is 13.0 Å². The van der Waals surface area contributed by atoms with Gasteiger partial charge in [0.2, 0.25) is 10.0 Å². The van der Waals surface area contributed by atoms with Gasteiger partial charge in [-0.2, -0.15) is 17.5 Å². The second-order valence-electron chi connectivity index (χ2n) is 5.03. The van der Waals surface area contributed by atoms with Crippen LogP contribution in [0.5, 0.6) is 0 Å². The summed E-state index contributed by atoms with van der Waals surface area (Å²) < 4.78 is 61.6. The molecule has 0 aliphatic heterocycles. The molecule has 0 saturated carbocycles. The third-order valence-corrected chi connectivity index (χ3v) is 4.77. The Morgan fingerprint density at radius 2 is 1.75 bits per heavy atom. The van der Waals surface area contributed by atoms with E-state index in [1.165, 1.54) is 13.8 Å². The van der Waals surface area contributed by atoms with Crippen molar-refractivity contribution in [3.8, 4) is 0 Å². The van der Waals surface area contributed by atoms with Gasteiger partial charge in [0, 0.05) is 6.04 Å². The quantitative estimate of drug-likeness (QED) is 0.629. The number of alkyl halides is 3. The summed E-state index contributed by atoms with van der Waals surface area (Å²) in [7, 11) is -3.86. The van der Waals surface area contributed by atoms with Gasteiger partial charge in [0.15, 0.2) is 0 Å². The molecular weight excluding hydrogens is 293 g/mol. The third-order valence-electron chi connectivity index (χ3n) is 2.70. The van der Waals surface area contributed by atoms with Crippen molar-refractivity contribution in [2.24, 2.45) is 0 Å². The van der Waals surface area contributed by atoms with E-state index in [9.17, 15) is 21.6 Å². The fourth-order valence-electron chi connectivity index (χ4n) is 1.73. The zero-order valence-electron chi connectivity index (χ0n) is 12.3. The van der Waals surface area contributed by atoms with Gasteiger partial charge in [-0.25, -0.2) is 8.42 Å². The maximum absolute atomic E-state index is 12.4. The SMILES string of the molecule is CCCNCCCCS(=O)(=O)N(CC(F)(F)F)C(C)C. The van der Waals surface area contributed by atoms with Crippen LogP contribution < -0.4 is 5.32 Å². The molecule has 0 aromatic carbocycles.